The molecule has 0 bridgehead atoms. The highest BCUT2D eigenvalue weighted by Gasteiger charge is 2.24. The second-order valence-electron chi connectivity index (χ2n) is 5.20. The van der Waals surface area contributed by atoms with Gasteiger partial charge >= 0.3 is 5.97 Å². The van der Waals surface area contributed by atoms with E-state index in [1.807, 2.05) is 0 Å². The molecule has 0 saturated heterocycles. The predicted molar refractivity (Wildman–Crippen MR) is 72.8 cm³/mol. The summed E-state index contributed by atoms with van der Waals surface area (Å²) in [4.78, 5) is 11.3. The van der Waals surface area contributed by atoms with E-state index < -0.39 is 11.8 Å². The van der Waals surface area contributed by atoms with Crippen molar-refractivity contribution in [1.29, 1.82) is 0 Å². The number of esters is 1. The van der Waals surface area contributed by atoms with Crippen molar-refractivity contribution in [1.82, 2.24) is 5.32 Å². The van der Waals surface area contributed by atoms with Crippen LogP contribution in [0.15, 0.2) is 18.2 Å². The second-order valence-corrected chi connectivity index (χ2v) is 5.20. The maximum Gasteiger partial charge on any atom is 0.340 e. The molecule has 110 valence electrons. The lowest BCUT2D eigenvalue weighted by atomic mass is 10.1. The van der Waals surface area contributed by atoms with E-state index in [1.165, 1.54) is 19.2 Å². The molecule has 5 heteroatoms. The molecule has 2 atom stereocenters. The summed E-state index contributed by atoms with van der Waals surface area (Å²) in [5.41, 5.74) is 0.713. The lowest BCUT2D eigenvalue weighted by molar-refractivity contribution is 0.0595. The van der Waals surface area contributed by atoms with Gasteiger partial charge in [0.2, 0.25) is 0 Å². The van der Waals surface area contributed by atoms with Gasteiger partial charge < -0.3 is 15.2 Å². The summed E-state index contributed by atoms with van der Waals surface area (Å²) in [6, 6.07) is 4.47. The van der Waals surface area contributed by atoms with Gasteiger partial charge in [-0.2, -0.15) is 0 Å². The number of ether oxygens (including phenoxy) is 1. The summed E-state index contributed by atoms with van der Waals surface area (Å²) in [6.07, 6.45) is 2.75. The van der Waals surface area contributed by atoms with Gasteiger partial charge in [-0.25, -0.2) is 9.18 Å². The molecule has 1 saturated carbocycles. The molecule has 20 heavy (non-hydrogen) atoms. The number of nitrogens with one attached hydrogen (secondary N) is 1. The molecule has 0 spiro atoms. The maximum atomic E-state index is 13.7. The van der Waals surface area contributed by atoms with E-state index in [9.17, 15) is 14.3 Å². The SMILES string of the molecule is COC(=O)c1ccc(CNCC2CCCC2O)cc1F. The summed E-state index contributed by atoms with van der Waals surface area (Å²) >= 11 is 0. The van der Waals surface area contributed by atoms with Gasteiger partial charge in [-0.15, -0.1) is 0 Å². The quantitative estimate of drug-likeness (QED) is 0.809. The minimum absolute atomic E-state index is 0.0533. The van der Waals surface area contributed by atoms with E-state index in [2.05, 4.69) is 10.1 Å². The van der Waals surface area contributed by atoms with Crippen molar-refractivity contribution < 1.29 is 19.0 Å². The third kappa shape index (κ3) is 3.55. The molecule has 0 heterocycles. The van der Waals surface area contributed by atoms with E-state index in [0.29, 0.717) is 6.54 Å². The maximum absolute atomic E-state index is 13.7. The van der Waals surface area contributed by atoms with E-state index in [0.717, 1.165) is 31.4 Å². The van der Waals surface area contributed by atoms with Crippen LogP contribution < -0.4 is 5.32 Å². The van der Waals surface area contributed by atoms with Crippen LogP contribution in [0.4, 0.5) is 4.39 Å². The van der Waals surface area contributed by atoms with Gasteiger partial charge in [-0.1, -0.05) is 12.5 Å². The molecule has 1 aliphatic carbocycles. The highest BCUT2D eigenvalue weighted by atomic mass is 19.1. The molecule has 1 aromatic carbocycles. The van der Waals surface area contributed by atoms with E-state index in [1.54, 1.807) is 6.07 Å². The van der Waals surface area contributed by atoms with Crippen molar-refractivity contribution in [3.63, 3.8) is 0 Å². The van der Waals surface area contributed by atoms with Crippen molar-refractivity contribution >= 4 is 5.97 Å². The number of benzene rings is 1. The van der Waals surface area contributed by atoms with E-state index in [-0.39, 0.29) is 17.6 Å². The van der Waals surface area contributed by atoms with Gasteiger partial charge in [0.15, 0.2) is 0 Å². The number of hydrogen-bond acceptors (Lipinski definition) is 4. The molecule has 1 aromatic rings. The Morgan fingerprint density at radius 3 is 2.90 bits per heavy atom. The first-order valence-electron chi connectivity index (χ1n) is 6.87. The number of rotatable bonds is 5. The third-order valence-electron chi connectivity index (χ3n) is 3.79. The molecule has 0 aromatic heterocycles. The number of methoxy groups -OCH3 is 1. The van der Waals surface area contributed by atoms with E-state index >= 15 is 0 Å². The zero-order valence-corrected chi connectivity index (χ0v) is 11.6. The number of halogens is 1. The molecule has 0 amide bonds. The molecular weight excluding hydrogens is 261 g/mol. The molecule has 1 fully saturated rings. The first-order valence-corrected chi connectivity index (χ1v) is 6.87. The Morgan fingerprint density at radius 1 is 1.50 bits per heavy atom. The summed E-state index contributed by atoms with van der Waals surface area (Å²) in [5, 5.41) is 12.9. The summed E-state index contributed by atoms with van der Waals surface area (Å²) in [5.74, 6) is -0.956. The molecular formula is C15H20FNO3. The Kier molecular flexibility index (Phi) is 5.09. The second kappa shape index (κ2) is 6.81. The molecule has 2 rings (SSSR count). The topological polar surface area (TPSA) is 58.6 Å². The number of hydrogen-bond donors (Lipinski definition) is 2. The fourth-order valence-electron chi connectivity index (χ4n) is 2.60. The molecule has 1 aliphatic rings. The Hall–Kier alpha value is -1.46. The van der Waals surface area contributed by atoms with Gasteiger partial charge in [-0.05, 0) is 36.5 Å². The van der Waals surface area contributed by atoms with Gasteiger partial charge in [0.05, 0.1) is 18.8 Å². The predicted octanol–water partition coefficient (Wildman–Crippen LogP) is 1.86. The van der Waals surface area contributed by atoms with Crippen LogP contribution in [0.1, 0.15) is 35.2 Å². The minimum atomic E-state index is -0.670. The molecule has 2 unspecified atom stereocenters. The molecule has 0 radical (unpaired) electrons. The number of carbonyl (C=O) groups excluding carboxylic acids is 1. The smallest absolute Gasteiger partial charge is 0.340 e. The minimum Gasteiger partial charge on any atom is -0.465 e. The van der Waals surface area contributed by atoms with Gasteiger partial charge in [0, 0.05) is 13.1 Å². The van der Waals surface area contributed by atoms with Gasteiger partial charge in [0.25, 0.3) is 0 Å². The van der Waals surface area contributed by atoms with Crippen LogP contribution in [0.3, 0.4) is 0 Å². The molecule has 0 aliphatic heterocycles. The van der Waals surface area contributed by atoms with Crippen LogP contribution in [0, 0.1) is 11.7 Å². The van der Waals surface area contributed by atoms with Crippen LogP contribution in [0.5, 0.6) is 0 Å². The van der Waals surface area contributed by atoms with Gasteiger partial charge in [-0.3, -0.25) is 0 Å². The normalized spacial score (nSPS) is 21.9. The first-order chi connectivity index (χ1) is 9.61. The first kappa shape index (κ1) is 14.9. The summed E-state index contributed by atoms with van der Waals surface area (Å²) in [6.45, 7) is 1.24. The monoisotopic (exact) mass is 281 g/mol. The van der Waals surface area contributed by atoms with Crippen LogP contribution >= 0.6 is 0 Å². The zero-order valence-electron chi connectivity index (χ0n) is 11.6. The zero-order chi connectivity index (χ0) is 14.5. The van der Waals surface area contributed by atoms with Crippen molar-refractivity contribution in [2.24, 2.45) is 5.92 Å². The van der Waals surface area contributed by atoms with Crippen molar-refractivity contribution in [2.75, 3.05) is 13.7 Å². The van der Waals surface area contributed by atoms with Crippen LogP contribution in [-0.4, -0.2) is 30.8 Å². The van der Waals surface area contributed by atoms with Crippen molar-refractivity contribution in [2.45, 2.75) is 31.9 Å². The Bertz CT molecular complexity index is 478. The van der Waals surface area contributed by atoms with Crippen molar-refractivity contribution in [3.05, 3.63) is 35.1 Å². The Morgan fingerprint density at radius 2 is 2.30 bits per heavy atom. The Balaban J connectivity index is 1.87. The average molecular weight is 281 g/mol. The standard InChI is InChI=1S/C15H20FNO3/c1-20-15(19)12-6-5-10(7-13(12)16)8-17-9-11-3-2-4-14(11)18/h5-7,11,14,17-18H,2-4,8-9H2,1H3. The largest absolute Gasteiger partial charge is 0.465 e. The van der Waals surface area contributed by atoms with Crippen molar-refractivity contribution in [3.8, 4) is 0 Å². The van der Waals surface area contributed by atoms with Crippen LogP contribution in [0.2, 0.25) is 0 Å². The molecule has 4 nitrogen and oxygen atoms in total. The highest BCUT2D eigenvalue weighted by molar-refractivity contribution is 5.89. The summed E-state index contributed by atoms with van der Waals surface area (Å²) in [7, 11) is 1.23. The third-order valence-corrected chi connectivity index (χ3v) is 3.79. The number of carbonyl (C=O) groups is 1. The van der Waals surface area contributed by atoms with Crippen LogP contribution in [0.25, 0.3) is 0 Å². The lowest BCUT2D eigenvalue weighted by Crippen LogP contribution is -2.27. The van der Waals surface area contributed by atoms with Crippen LogP contribution in [-0.2, 0) is 11.3 Å². The number of aliphatic hydroxyl groups is 1. The fraction of sp³-hybridized carbons (Fsp3) is 0.533. The summed E-state index contributed by atoms with van der Waals surface area (Å²) < 4.78 is 18.2. The van der Waals surface area contributed by atoms with Gasteiger partial charge in [0.1, 0.15) is 5.82 Å². The fourth-order valence-corrected chi connectivity index (χ4v) is 2.60. The average Bonchev–Trinajstić information content (AvgIpc) is 2.84. The Labute approximate surface area is 117 Å². The molecule has 2 N–H and O–H groups in total. The number of aliphatic hydroxyl groups excluding tert-OH is 1. The lowest BCUT2D eigenvalue weighted by Gasteiger charge is -2.15. The van der Waals surface area contributed by atoms with E-state index in [4.69, 9.17) is 0 Å². The highest BCUT2D eigenvalue weighted by Crippen LogP contribution is 2.24.